The molecule has 96 valence electrons. The Morgan fingerprint density at radius 1 is 1.22 bits per heavy atom. The summed E-state index contributed by atoms with van der Waals surface area (Å²) in [7, 11) is 0. The molecule has 2 aromatic heterocycles. The molecule has 0 saturated heterocycles. The van der Waals surface area contributed by atoms with Gasteiger partial charge in [-0.2, -0.15) is 5.10 Å². The summed E-state index contributed by atoms with van der Waals surface area (Å²) in [6, 6.07) is 1.89. The highest BCUT2D eigenvalue weighted by molar-refractivity contribution is 4.97. The molecular weight excluding hydrogens is 228 g/mol. The summed E-state index contributed by atoms with van der Waals surface area (Å²) in [4.78, 5) is 12.3. The largest absolute Gasteiger partial charge is 0.304 e. The molecule has 0 aliphatic rings. The Hall–Kier alpha value is -1.82. The van der Waals surface area contributed by atoms with Gasteiger partial charge in [-0.3, -0.25) is 0 Å². The maximum Gasteiger partial charge on any atom is 0.140 e. The molecule has 0 atom stereocenters. The van der Waals surface area contributed by atoms with E-state index in [1.165, 1.54) is 0 Å². The van der Waals surface area contributed by atoms with Crippen LogP contribution in [-0.4, -0.2) is 24.7 Å². The fraction of sp³-hybridized carbons (Fsp3) is 0.500. The zero-order chi connectivity index (χ0) is 12.8. The molecule has 0 aliphatic heterocycles. The highest BCUT2D eigenvalue weighted by Crippen LogP contribution is 2.01. The van der Waals surface area contributed by atoms with Crippen molar-refractivity contribution in [3.05, 3.63) is 36.4 Å². The van der Waals surface area contributed by atoms with Crippen molar-refractivity contribution in [3.8, 4) is 0 Å². The van der Waals surface area contributed by atoms with Gasteiger partial charge in [-0.25, -0.2) is 19.6 Å². The van der Waals surface area contributed by atoms with Crippen molar-refractivity contribution in [2.45, 2.75) is 33.5 Å². The molecule has 0 bridgehead atoms. The van der Waals surface area contributed by atoms with E-state index in [1.807, 2.05) is 10.7 Å². The van der Waals surface area contributed by atoms with E-state index in [4.69, 9.17) is 0 Å². The molecule has 0 aliphatic carbocycles. The SMILES string of the molecule is CC(C)Cn1ncnc1CNCc1ccncn1. The van der Waals surface area contributed by atoms with Gasteiger partial charge in [0, 0.05) is 19.3 Å². The average molecular weight is 246 g/mol. The van der Waals surface area contributed by atoms with Crippen LogP contribution < -0.4 is 5.32 Å². The second-order valence-electron chi connectivity index (χ2n) is 4.56. The van der Waals surface area contributed by atoms with Crippen LogP contribution in [0.1, 0.15) is 25.4 Å². The molecule has 2 heterocycles. The summed E-state index contributed by atoms with van der Waals surface area (Å²) in [5.41, 5.74) is 0.972. The Morgan fingerprint density at radius 2 is 2.11 bits per heavy atom. The van der Waals surface area contributed by atoms with Gasteiger partial charge in [0.15, 0.2) is 0 Å². The second-order valence-corrected chi connectivity index (χ2v) is 4.56. The highest BCUT2D eigenvalue weighted by atomic mass is 15.3. The summed E-state index contributed by atoms with van der Waals surface area (Å²) in [5.74, 6) is 1.52. The third-order valence-corrected chi connectivity index (χ3v) is 2.47. The summed E-state index contributed by atoms with van der Waals surface area (Å²) >= 11 is 0. The summed E-state index contributed by atoms with van der Waals surface area (Å²) < 4.78 is 1.94. The quantitative estimate of drug-likeness (QED) is 0.824. The molecule has 2 aromatic rings. The van der Waals surface area contributed by atoms with Crippen molar-refractivity contribution in [1.29, 1.82) is 0 Å². The first-order valence-electron chi connectivity index (χ1n) is 6.08. The first-order valence-corrected chi connectivity index (χ1v) is 6.08. The first kappa shape index (κ1) is 12.6. The maximum absolute atomic E-state index is 4.26. The topological polar surface area (TPSA) is 68.5 Å². The normalized spacial score (nSPS) is 11.1. The van der Waals surface area contributed by atoms with Gasteiger partial charge in [-0.1, -0.05) is 13.8 Å². The third-order valence-electron chi connectivity index (χ3n) is 2.47. The fourth-order valence-corrected chi connectivity index (χ4v) is 1.65. The van der Waals surface area contributed by atoms with E-state index >= 15 is 0 Å². The van der Waals surface area contributed by atoms with Gasteiger partial charge in [0.2, 0.25) is 0 Å². The van der Waals surface area contributed by atoms with Crippen LogP contribution in [0.3, 0.4) is 0 Å². The lowest BCUT2D eigenvalue weighted by molar-refractivity contribution is 0.457. The Kier molecular flexibility index (Phi) is 4.35. The minimum Gasteiger partial charge on any atom is -0.304 e. The zero-order valence-electron chi connectivity index (χ0n) is 10.7. The van der Waals surface area contributed by atoms with Gasteiger partial charge in [0.25, 0.3) is 0 Å². The Morgan fingerprint density at radius 3 is 2.83 bits per heavy atom. The Balaban J connectivity index is 1.85. The van der Waals surface area contributed by atoms with Crippen molar-refractivity contribution >= 4 is 0 Å². The van der Waals surface area contributed by atoms with Crippen LogP contribution in [-0.2, 0) is 19.6 Å². The second kappa shape index (κ2) is 6.20. The van der Waals surface area contributed by atoms with Crippen molar-refractivity contribution in [1.82, 2.24) is 30.0 Å². The zero-order valence-corrected chi connectivity index (χ0v) is 10.7. The minimum absolute atomic E-state index is 0.562. The molecule has 2 rings (SSSR count). The molecule has 18 heavy (non-hydrogen) atoms. The number of hydrogen-bond acceptors (Lipinski definition) is 5. The molecule has 6 heteroatoms. The van der Waals surface area contributed by atoms with Crippen LogP contribution in [0.15, 0.2) is 24.9 Å². The van der Waals surface area contributed by atoms with E-state index in [0.717, 1.165) is 18.1 Å². The van der Waals surface area contributed by atoms with E-state index in [2.05, 4.69) is 39.2 Å². The van der Waals surface area contributed by atoms with Gasteiger partial charge in [-0.15, -0.1) is 0 Å². The average Bonchev–Trinajstić information content (AvgIpc) is 2.77. The van der Waals surface area contributed by atoms with Crippen LogP contribution in [0.5, 0.6) is 0 Å². The van der Waals surface area contributed by atoms with Gasteiger partial charge in [-0.05, 0) is 12.0 Å². The van der Waals surface area contributed by atoms with Gasteiger partial charge < -0.3 is 5.32 Å². The number of rotatable bonds is 6. The van der Waals surface area contributed by atoms with Gasteiger partial charge >= 0.3 is 0 Å². The van der Waals surface area contributed by atoms with E-state index in [9.17, 15) is 0 Å². The molecule has 0 radical (unpaired) electrons. The van der Waals surface area contributed by atoms with Gasteiger partial charge in [0.1, 0.15) is 18.5 Å². The molecule has 6 nitrogen and oxygen atoms in total. The minimum atomic E-state index is 0.562. The molecule has 0 unspecified atom stereocenters. The third kappa shape index (κ3) is 3.59. The van der Waals surface area contributed by atoms with E-state index in [-0.39, 0.29) is 0 Å². The van der Waals surface area contributed by atoms with Crippen LogP contribution in [0, 0.1) is 5.92 Å². The van der Waals surface area contributed by atoms with E-state index in [0.29, 0.717) is 19.0 Å². The molecule has 0 amide bonds. The van der Waals surface area contributed by atoms with Crippen LogP contribution in [0.2, 0.25) is 0 Å². The van der Waals surface area contributed by atoms with Crippen LogP contribution in [0.25, 0.3) is 0 Å². The summed E-state index contributed by atoms with van der Waals surface area (Å²) in [5, 5.41) is 7.53. The van der Waals surface area contributed by atoms with Crippen molar-refractivity contribution in [2.75, 3.05) is 0 Å². The predicted octanol–water partition coefficient (Wildman–Crippen LogP) is 1.01. The molecule has 0 fully saturated rings. The molecule has 0 saturated carbocycles. The number of nitrogens with zero attached hydrogens (tertiary/aromatic N) is 5. The Labute approximate surface area is 106 Å². The smallest absolute Gasteiger partial charge is 0.140 e. The molecule has 0 aromatic carbocycles. The number of nitrogens with one attached hydrogen (secondary N) is 1. The first-order chi connectivity index (χ1) is 8.75. The number of hydrogen-bond donors (Lipinski definition) is 1. The lowest BCUT2D eigenvalue weighted by atomic mass is 10.2. The predicted molar refractivity (Wildman–Crippen MR) is 67.4 cm³/mol. The van der Waals surface area contributed by atoms with Gasteiger partial charge in [0.05, 0.1) is 12.2 Å². The van der Waals surface area contributed by atoms with E-state index in [1.54, 1.807) is 18.9 Å². The summed E-state index contributed by atoms with van der Waals surface area (Å²) in [6.07, 6.45) is 4.90. The van der Waals surface area contributed by atoms with Crippen LogP contribution in [0.4, 0.5) is 0 Å². The lowest BCUT2D eigenvalue weighted by Gasteiger charge is -2.09. The number of aromatic nitrogens is 5. The maximum atomic E-state index is 4.26. The Bertz CT molecular complexity index is 464. The molecule has 0 spiro atoms. The van der Waals surface area contributed by atoms with Crippen molar-refractivity contribution in [3.63, 3.8) is 0 Å². The fourth-order valence-electron chi connectivity index (χ4n) is 1.65. The molecule has 1 N–H and O–H groups in total. The van der Waals surface area contributed by atoms with Crippen molar-refractivity contribution in [2.24, 2.45) is 5.92 Å². The standard InChI is InChI=1S/C12H18N6/c1-10(2)7-18-12(16-9-17-18)6-14-5-11-3-4-13-8-15-11/h3-4,8-10,14H,5-7H2,1-2H3. The monoisotopic (exact) mass is 246 g/mol. The lowest BCUT2D eigenvalue weighted by Crippen LogP contribution is -2.19. The van der Waals surface area contributed by atoms with Crippen molar-refractivity contribution < 1.29 is 0 Å². The summed E-state index contributed by atoms with van der Waals surface area (Å²) in [6.45, 7) is 6.62. The highest BCUT2D eigenvalue weighted by Gasteiger charge is 2.05. The molecular formula is C12H18N6. The van der Waals surface area contributed by atoms with Crippen LogP contribution >= 0.6 is 0 Å². The van der Waals surface area contributed by atoms with E-state index < -0.39 is 0 Å².